The number of carbonyl (C=O) groups is 2. The van der Waals surface area contributed by atoms with Crippen molar-refractivity contribution in [3.05, 3.63) is 0 Å². The van der Waals surface area contributed by atoms with Crippen LogP contribution in [0.15, 0.2) is 5.16 Å². The van der Waals surface area contributed by atoms with Gasteiger partial charge < -0.3 is 21.6 Å². The lowest BCUT2D eigenvalue weighted by atomic mass is 10.0. The van der Waals surface area contributed by atoms with E-state index >= 15 is 0 Å². The summed E-state index contributed by atoms with van der Waals surface area (Å²) in [5.41, 5.74) is 10.7. The van der Waals surface area contributed by atoms with E-state index < -0.39 is 5.92 Å². The standard InChI is InChI=1S/C11H20N4O3/c1-2-3-8(9(12)14-18)11(17)15-5-4-7(6-15)10(13)16/h7-8,18H,2-6H2,1H3,(H2,12,14)(H2,13,16). The smallest absolute Gasteiger partial charge is 0.233 e. The summed E-state index contributed by atoms with van der Waals surface area (Å²) in [5, 5.41) is 11.6. The van der Waals surface area contributed by atoms with Crippen LogP contribution in [0.2, 0.25) is 0 Å². The molecule has 0 bridgehead atoms. The summed E-state index contributed by atoms with van der Waals surface area (Å²) in [7, 11) is 0. The van der Waals surface area contributed by atoms with Gasteiger partial charge >= 0.3 is 0 Å². The molecule has 7 nitrogen and oxygen atoms in total. The van der Waals surface area contributed by atoms with Gasteiger partial charge in [0.2, 0.25) is 11.8 Å². The fourth-order valence-corrected chi connectivity index (χ4v) is 2.17. The average Bonchev–Trinajstić information content (AvgIpc) is 2.84. The number of rotatable bonds is 5. The van der Waals surface area contributed by atoms with Crippen LogP contribution in [0.3, 0.4) is 0 Å². The van der Waals surface area contributed by atoms with E-state index in [1.165, 1.54) is 0 Å². The van der Waals surface area contributed by atoms with Crippen molar-refractivity contribution in [2.24, 2.45) is 28.5 Å². The Hall–Kier alpha value is -1.79. The molecule has 2 unspecified atom stereocenters. The molecule has 1 aliphatic heterocycles. The van der Waals surface area contributed by atoms with E-state index in [9.17, 15) is 9.59 Å². The predicted octanol–water partition coefficient (Wildman–Crippen LogP) is -0.517. The lowest BCUT2D eigenvalue weighted by Crippen LogP contribution is -2.41. The first-order valence-electron chi connectivity index (χ1n) is 6.06. The van der Waals surface area contributed by atoms with Crippen molar-refractivity contribution in [1.29, 1.82) is 0 Å². The number of amides is 2. The zero-order valence-electron chi connectivity index (χ0n) is 10.5. The van der Waals surface area contributed by atoms with E-state index in [0.717, 1.165) is 6.42 Å². The number of oxime groups is 1. The van der Waals surface area contributed by atoms with Crippen molar-refractivity contribution >= 4 is 17.6 Å². The summed E-state index contributed by atoms with van der Waals surface area (Å²) in [6, 6.07) is 0. The largest absolute Gasteiger partial charge is 0.409 e. The second kappa shape index (κ2) is 6.23. The minimum absolute atomic E-state index is 0.0793. The summed E-state index contributed by atoms with van der Waals surface area (Å²) in [6.45, 7) is 2.74. The summed E-state index contributed by atoms with van der Waals surface area (Å²) in [4.78, 5) is 24.8. The number of primary amides is 1. The number of hydrogen-bond acceptors (Lipinski definition) is 4. The molecule has 0 spiro atoms. The highest BCUT2D eigenvalue weighted by Crippen LogP contribution is 2.20. The Labute approximate surface area is 106 Å². The Morgan fingerprint density at radius 2 is 2.17 bits per heavy atom. The molecule has 1 heterocycles. The third-order valence-corrected chi connectivity index (χ3v) is 3.25. The van der Waals surface area contributed by atoms with E-state index in [0.29, 0.717) is 25.9 Å². The predicted molar refractivity (Wildman–Crippen MR) is 65.7 cm³/mol. The first kappa shape index (κ1) is 14.3. The average molecular weight is 256 g/mol. The molecule has 5 N–H and O–H groups in total. The maximum absolute atomic E-state index is 12.2. The highest BCUT2D eigenvalue weighted by Gasteiger charge is 2.34. The molecule has 7 heteroatoms. The van der Waals surface area contributed by atoms with Crippen molar-refractivity contribution in [3.8, 4) is 0 Å². The molecule has 2 amide bonds. The second-order valence-electron chi connectivity index (χ2n) is 4.54. The van der Waals surface area contributed by atoms with Gasteiger partial charge in [0.1, 0.15) is 0 Å². The number of amidine groups is 1. The third kappa shape index (κ3) is 3.12. The van der Waals surface area contributed by atoms with Gasteiger partial charge in [-0.15, -0.1) is 0 Å². The van der Waals surface area contributed by atoms with Crippen LogP contribution in [0, 0.1) is 11.8 Å². The van der Waals surface area contributed by atoms with E-state index in [1.807, 2.05) is 6.92 Å². The summed E-state index contributed by atoms with van der Waals surface area (Å²) >= 11 is 0. The molecule has 0 aliphatic carbocycles. The monoisotopic (exact) mass is 256 g/mol. The Bertz CT molecular complexity index is 356. The molecule has 2 atom stereocenters. The van der Waals surface area contributed by atoms with Crippen LogP contribution in [-0.2, 0) is 9.59 Å². The second-order valence-corrected chi connectivity index (χ2v) is 4.54. The van der Waals surface area contributed by atoms with Crippen molar-refractivity contribution in [2.45, 2.75) is 26.2 Å². The normalized spacial score (nSPS) is 21.9. The molecule has 0 radical (unpaired) electrons. The zero-order chi connectivity index (χ0) is 13.7. The minimum atomic E-state index is -0.619. The van der Waals surface area contributed by atoms with Gasteiger partial charge in [0, 0.05) is 13.1 Å². The highest BCUT2D eigenvalue weighted by molar-refractivity contribution is 6.02. The quantitative estimate of drug-likeness (QED) is 0.265. The third-order valence-electron chi connectivity index (χ3n) is 3.25. The molecule has 1 fully saturated rings. The fraction of sp³-hybridized carbons (Fsp3) is 0.727. The van der Waals surface area contributed by atoms with Gasteiger partial charge in [-0.25, -0.2) is 0 Å². The van der Waals surface area contributed by atoms with Crippen molar-refractivity contribution in [2.75, 3.05) is 13.1 Å². The maximum Gasteiger partial charge on any atom is 0.233 e. The van der Waals surface area contributed by atoms with E-state index in [4.69, 9.17) is 16.7 Å². The maximum atomic E-state index is 12.2. The first-order valence-corrected chi connectivity index (χ1v) is 6.06. The Kier molecular flexibility index (Phi) is 4.94. The van der Waals surface area contributed by atoms with Gasteiger partial charge in [-0.1, -0.05) is 18.5 Å². The molecular weight excluding hydrogens is 236 g/mol. The van der Waals surface area contributed by atoms with Gasteiger partial charge in [0.25, 0.3) is 0 Å². The number of nitrogens with two attached hydrogens (primary N) is 2. The lowest BCUT2D eigenvalue weighted by Gasteiger charge is -2.22. The van der Waals surface area contributed by atoms with Crippen molar-refractivity contribution in [1.82, 2.24) is 4.90 Å². The van der Waals surface area contributed by atoms with Gasteiger partial charge in [-0.2, -0.15) is 0 Å². The van der Waals surface area contributed by atoms with Gasteiger partial charge in [-0.05, 0) is 12.8 Å². The van der Waals surface area contributed by atoms with E-state index in [2.05, 4.69) is 5.16 Å². The van der Waals surface area contributed by atoms with Crippen LogP contribution < -0.4 is 11.5 Å². The Morgan fingerprint density at radius 3 is 2.61 bits per heavy atom. The molecule has 1 rings (SSSR count). The summed E-state index contributed by atoms with van der Waals surface area (Å²) in [5.74, 6) is -1.57. The molecule has 18 heavy (non-hydrogen) atoms. The van der Waals surface area contributed by atoms with Crippen LogP contribution in [0.1, 0.15) is 26.2 Å². The minimum Gasteiger partial charge on any atom is -0.409 e. The van der Waals surface area contributed by atoms with Gasteiger partial charge in [0.15, 0.2) is 5.84 Å². The molecule has 0 saturated carbocycles. The van der Waals surface area contributed by atoms with E-state index in [1.54, 1.807) is 4.90 Å². The van der Waals surface area contributed by atoms with Crippen LogP contribution in [0.25, 0.3) is 0 Å². The molecule has 102 valence electrons. The van der Waals surface area contributed by atoms with Crippen LogP contribution in [-0.4, -0.2) is 40.8 Å². The topological polar surface area (TPSA) is 122 Å². The summed E-state index contributed by atoms with van der Waals surface area (Å²) < 4.78 is 0. The Balaban J connectivity index is 2.70. The molecule has 0 aromatic rings. The van der Waals surface area contributed by atoms with Crippen LogP contribution in [0.5, 0.6) is 0 Å². The van der Waals surface area contributed by atoms with Gasteiger partial charge in [-0.3, -0.25) is 9.59 Å². The number of carbonyl (C=O) groups excluding carboxylic acids is 2. The number of likely N-dealkylation sites (tertiary alicyclic amines) is 1. The summed E-state index contributed by atoms with van der Waals surface area (Å²) in [6.07, 6.45) is 1.85. The highest BCUT2D eigenvalue weighted by atomic mass is 16.4. The fourth-order valence-electron chi connectivity index (χ4n) is 2.17. The van der Waals surface area contributed by atoms with E-state index in [-0.39, 0.29) is 23.6 Å². The number of nitrogens with zero attached hydrogens (tertiary/aromatic N) is 2. The van der Waals surface area contributed by atoms with Crippen molar-refractivity contribution < 1.29 is 14.8 Å². The lowest BCUT2D eigenvalue weighted by molar-refractivity contribution is -0.132. The van der Waals surface area contributed by atoms with Gasteiger partial charge in [0.05, 0.1) is 11.8 Å². The Morgan fingerprint density at radius 1 is 1.50 bits per heavy atom. The molecule has 1 aliphatic rings. The molecule has 0 aromatic heterocycles. The molecule has 1 saturated heterocycles. The van der Waals surface area contributed by atoms with Crippen LogP contribution in [0.4, 0.5) is 0 Å². The first-order chi connectivity index (χ1) is 8.51. The zero-order valence-corrected chi connectivity index (χ0v) is 10.5. The van der Waals surface area contributed by atoms with Crippen LogP contribution >= 0.6 is 0 Å². The van der Waals surface area contributed by atoms with Crippen molar-refractivity contribution in [3.63, 3.8) is 0 Å². The molecule has 0 aromatic carbocycles. The number of hydrogen-bond donors (Lipinski definition) is 3. The molecular formula is C11H20N4O3. The SMILES string of the molecule is CCCC(C(=O)N1CCC(C(N)=O)C1)C(N)=NO.